The van der Waals surface area contributed by atoms with Crippen molar-refractivity contribution in [2.45, 2.75) is 12.9 Å². The third kappa shape index (κ3) is 3.47. The molecule has 1 unspecified atom stereocenters. The number of rotatable bonds is 5. The van der Waals surface area contributed by atoms with Crippen LogP contribution in [-0.4, -0.2) is 18.7 Å². The fraction of sp³-hybridized carbons (Fsp3) is 0.167. The summed E-state index contributed by atoms with van der Waals surface area (Å²) in [6.07, 6.45) is 1.15. The van der Waals surface area contributed by atoms with E-state index in [1.807, 2.05) is 30.3 Å². The highest BCUT2D eigenvalue weighted by Crippen LogP contribution is 2.19. The van der Waals surface area contributed by atoms with E-state index in [4.69, 9.17) is 9.47 Å². The van der Waals surface area contributed by atoms with Crippen LogP contribution in [0.5, 0.6) is 0 Å². The van der Waals surface area contributed by atoms with Crippen LogP contribution in [0.1, 0.15) is 15.9 Å². The van der Waals surface area contributed by atoms with Crippen LogP contribution in [0.15, 0.2) is 66.2 Å². The van der Waals surface area contributed by atoms with Crippen molar-refractivity contribution in [3.63, 3.8) is 0 Å². The summed E-state index contributed by atoms with van der Waals surface area (Å²) < 4.78 is 23.9. The zero-order valence-electron chi connectivity index (χ0n) is 11.9. The molecule has 1 heterocycles. The first-order valence-corrected chi connectivity index (χ1v) is 7.00. The summed E-state index contributed by atoms with van der Waals surface area (Å²) in [4.78, 5) is 12.3. The molecular weight excluding hydrogens is 283 g/mol. The molecule has 2 aromatic rings. The predicted molar refractivity (Wildman–Crippen MR) is 79.8 cm³/mol. The Morgan fingerprint density at radius 2 is 1.86 bits per heavy atom. The van der Waals surface area contributed by atoms with Gasteiger partial charge in [-0.25, -0.2) is 4.39 Å². The second-order valence-corrected chi connectivity index (χ2v) is 5.00. The van der Waals surface area contributed by atoms with E-state index in [9.17, 15) is 9.18 Å². The summed E-state index contributed by atoms with van der Waals surface area (Å²) in [6, 6.07) is 15.2. The van der Waals surface area contributed by atoms with Crippen LogP contribution in [0.3, 0.4) is 0 Å². The lowest BCUT2D eigenvalue weighted by Crippen LogP contribution is -2.09. The number of ether oxygens (including phenoxy) is 2. The van der Waals surface area contributed by atoms with E-state index in [2.05, 4.69) is 0 Å². The molecule has 0 bridgehead atoms. The maximum atomic E-state index is 12.9. The van der Waals surface area contributed by atoms with E-state index >= 15 is 0 Å². The largest absolute Gasteiger partial charge is 0.344 e. The molecule has 3 rings (SSSR count). The van der Waals surface area contributed by atoms with Crippen LogP contribution < -0.4 is 0 Å². The molecule has 2 aromatic carbocycles. The van der Waals surface area contributed by atoms with Crippen molar-refractivity contribution in [1.82, 2.24) is 0 Å². The van der Waals surface area contributed by atoms with Crippen LogP contribution in [0.4, 0.5) is 4.39 Å². The van der Waals surface area contributed by atoms with Gasteiger partial charge in [0.25, 0.3) is 0 Å². The normalized spacial score (nSPS) is 17.3. The van der Waals surface area contributed by atoms with Crippen molar-refractivity contribution >= 4 is 5.78 Å². The molecule has 0 aliphatic carbocycles. The van der Waals surface area contributed by atoms with Crippen molar-refractivity contribution in [1.29, 1.82) is 0 Å². The van der Waals surface area contributed by atoms with Crippen molar-refractivity contribution in [3.8, 4) is 0 Å². The number of hydrogen-bond donors (Lipinski definition) is 0. The molecule has 0 saturated heterocycles. The lowest BCUT2D eigenvalue weighted by Gasteiger charge is -2.09. The minimum atomic E-state index is -0.528. The molecular formula is C18H15FO3. The Bertz CT molecular complexity index is 677. The zero-order chi connectivity index (χ0) is 15.4. The summed E-state index contributed by atoms with van der Waals surface area (Å²) in [6.45, 7) is 0.621. The minimum absolute atomic E-state index is 0.161. The monoisotopic (exact) mass is 298 g/mol. The van der Waals surface area contributed by atoms with Gasteiger partial charge in [0.2, 0.25) is 0 Å². The number of ketones is 1. The average molecular weight is 298 g/mol. The van der Waals surface area contributed by atoms with Gasteiger partial charge in [-0.1, -0.05) is 30.3 Å². The Hall–Kier alpha value is -2.30. The highest BCUT2D eigenvalue weighted by Gasteiger charge is 2.22. The summed E-state index contributed by atoms with van der Waals surface area (Å²) in [7, 11) is 0. The van der Waals surface area contributed by atoms with Gasteiger partial charge in [0, 0.05) is 11.1 Å². The molecule has 22 heavy (non-hydrogen) atoms. The molecule has 0 radical (unpaired) electrons. The van der Waals surface area contributed by atoms with Crippen molar-refractivity contribution in [2.24, 2.45) is 0 Å². The smallest absolute Gasteiger partial charge is 0.191 e. The Balaban J connectivity index is 1.61. The Morgan fingerprint density at radius 3 is 2.59 bits per heavy atom. The third-order valence-electron chi connectivity index (χ3n) is 3.40. The summed E-state index contributed by atoms with van der Waals surface area (Å²) in [5, 5.41) is 0. The summed E-state index contributed by atoms with van der Waals surface area (Å²) in [5.41, 5.74) is 2.02. The molecule has 0 saturated carbocycles. The zero-order valence-corrected chi connectivity index (χ0v) is 11.9. The lowest BCUT2D eigenvalue weighted by atomic mass is 10.0. The van der Waals surface area contributed by atoms with Gasteiger partial charge in [-0.05, 0) is 35.9 Å². The van der Waals surface area contributed by atoms with Crippen molar-refractivity contribution in [3.05, 3.63) is 83.2 Å². The summed E-state index contributed by atoms with van der Waals surface area (Å²) in [5.74, 6) is -0.525. The molecule has 3 nitrogen and oxygen atoms in total. The molecule has 0 fully saturated rings. The van der Waals surface area contributed by atoms with Crippen LogP contribution in [0.25, 0.3) is 0 Å². The second kappa shape index (κ2) is 6.64. The molecule has 112 valence electrons. The minimum Gasteiger partial charge on any atom is -0.344 e. The average Bonchev–Trinajstić information content (AvgIpc) is 3.03. The van der Waals surface area contributed by atoms with Gasteiger partial charge >= 0.3 is 0 Å². The van der Waals surface area contributed by atoms with Gasteiger partial charge in [-0.2, -0.15) is 0 Å². The van der Waals surface area contributed by atoms with Crippen LogP contribution in [0, 0.1) is 5.82 Å². The molecule has 1 aliphatic rings. The van der Waals surface area contributed by atoms with Gasteiger partial charge in [-0.15, -0.1) is 0 Å². The molecule has 0 N–H and O–H groups in total. The van der Waals surface area contributed by atoms with Crippen molar-refractivity contribution < 1.29 is 18.7 Å². The Kier molecular flexibility index (Phi) is 4.42. The second-order valence-electron chi connectivity index (χ2n) is 5.00. The van der Waals surface area contributed by atoms with Crippen molar-refractivity contribution in [2.75, 3.05) is 6.61 Å². The van der Waals surface area contributed by atoms with Gasteiger partial charge in [0.05, 0.1) is 13.2 Å². The first-order chi connectivity index (χ1) is 10.7. The molecule has 1 aliphatic heterocycles. The number of benzene rings is 2. The van der Waals surface area contributed by atoms with E-state index < -0.39 is 6.29 Å². The Labute approximate surface area is 128 Å². The lowest BCUT2D eigenvalue weighted by molar-refractivity contribution is -0.0999. The van der Waals surface area contributed by atoms with Crippen LogP contribution in [-0.2, 0) is 16.1 Å². The first-order valence-electron chi connectivity index (χ1n) is 7.00. The number of carbonyl (C=O) groups is 1. The topological polar surface area (TPSA) is 35.5 Å². The maximum absolute atomic E-state index is 12.9. The van der Waals surface area contributed by atoms with E-state index in [1.165, 1.54) is 24.3 Å². The van der Waals surface area contributed by atoms with Gasteiger partial charge in [0.15, 0.2) is 12.1 Å². The number of halogens is 1. The highest BCUT2D eigenvalue weighted by molar-refractivity contribution is 6.09. The van der Waals surface area contributed by atoms with Gasteiger partial charge in [-0.3, -0.25) is 4.79 Å². The molecule has 0 amide bonds. The predicted octanol–water partition coefficient (Wildman–Crippen LogP) is 3.51. The maximum Gasteiger partial charge on any atom is 0.191 e. The van der Waals surface area contributed by atoms with E-state index in [1.54, 1.807) is 6.08 Å². The standard InChI is InChI=1S/C18H15FO3/c19-16-8-6-14(7-9-16)18(20)15-10-17(22-12-15)21-11-13-4-2-1-3-5-13/h1-10,17H,11-12H2. The van der Waals surface area contributed by atoms with Crippen LogP contribution >= 0.6 is 0 Å². The number of hydrogen-bond acceptors (Lipinski definition) is 3. The van der Waals surface area contributed by atoms with Gasteiger partial charge < -0.3 is 9.47 Å². The number of carbonyl (C=O) groups excluding carboxylic acids is 1. The van der Waals surface area contributed by atoms with Gasteiger partial charge in [0.1, 0.15) is 5.82 Å². The third-order valence-corrected chi connectivity index (χ3v) is 3.40. The molecule has 1 atom stereocenters. The fourth-order valence-corrected chi connectivity index (χ4v) is 2.21. The molecule has 0 spiro atoms. The first kappa shape index (κ1) is 14.6. The molecule has 4 heteroatoms. The fourth-order valence-electron chi connectivity index (χ4n) is 2.21. The highest BCUT2D eigenvalue weighted by atomic mass is 19.1. The number of Topliss-reactive ketones (excluding diaryl/α,β-unsaturated/α-hetero) is 1. The van der Waals surface area contributed by atoms with E-state index in [0.29, 0.717) is 17.7 Å². The molecule has 0 aromatic heterocycles. The summed E-state index contributed by atoms with van der Waals surface area (Å²) >= 11 is 0. The van der Waals surface area contributed by atoms with Crippen LogP contribution in [0.2, 0.25) is 0 Å². The van der Waals surface area contributed by atoms with E-state index in [0.717, 1.165) is 5.56 Å². The Morgan fingerprint density at radius 1 is 1.14 bits per heavy atom. The van der Waals surface area contributed by atoms with E-state index in [-0.39, 0.29) is 18.2 Å². The SMILES string of the molecule is O=C(C1=CC(OCc2ccccc2)OC1)c1ccc(F)cc1. The quantitative estimate of drug-likeness (QED) is 0.792.